The van der Waals surface area contributed by atoms with Crippen molar-refractivity contribution in [3.8, 4) is 0 Å². The Labute approximate surface area is 123 Å². The van der Waals surface area contributed by atoms with Gasteiger partial charge in [-0.05, 0) is 49.4 Å². The van der Waals surface area contributed by atoms with Crippen LogP contribution in [0.1, 0.15) is 17.7 Å². The highest BCUT2D eigenvalue weighted by Gasteiger charge is 2.45. The fourth-order valence-electron chi connectivity index (χ4n) is 3.09. The van der Waals surface area contributed by atoms with Crippen LogP contribution in [0.3, 0.4) is 0 Å². The van der Waals surface area contributed by atoms with Crippen molar-refractivity contribution in [2.24, 2.45) is 10.9 Å². The third-order valence-corrected chi connectivity index (χ3v) is 5.19. The molecule has 106 valence electrons. The minimum absolute atomic E-state index is 0.209. The van der Waals surface area contributed by atoms with E-state index in [4.69, 9.17) is 0 Å². The molecular formula is C16H20N2OS. The minimum Gasteiger partial charge on any atom is -0.381 e. The first kappa shape index (κ1) is 13.7. The molecule has 4 heteroatoms. The van der Waals surface area contributed by atoms with Gasteiger partial charge in [-0.1, -0.05) is 24.3 Å². The Morgan fingerprint density at radius 2 is 2.10 bits per heavy atom. The summed E-state index contributed by atoms with van der Waals surface area (Å²) in [5, 5.41) is 16.9. The maximum Gasteiger partial charge on any atom is 0.127 e. The summed E-state index contributed by atoms with van der Waals surface area (Å²) in [6.07, 6.45) is 11.6. The van der Waals surface area contributed by atoms with Gasteiger partial charge in [0, 0.05) is 11.1 Å². The summed E-state index contributed by atoms with van der Waals surface area (Å²) in [7, 11) is 0. The molecule has 3 rings (SSSR count). The monoisotopic (exact) mass is 288 g/mol. The van der Waals surface area contributed by atoms with Gasteiger partial charge in [0.05, 0.1) is 0 Å². The Kier molecular flexibility index (Phi) is 4.15. The second kappa shape index (κ2) is 6.04. The second-order valence-corrected chi connectivity index (χ2v) is 6.29. The average molecular weight is 288 g/mol. The van der Waals surface area contributed by atoms with E-state index in [2.05, 4.69) is 10.3 Å². The van der Waals surface area contributed by atoms with Crippen LogP contribution < -0.4 is 5.32 Å². The third-order valence-electron chi connectivity index (χ3n) is 4.18. The van der Waals surface area contributed by atoms with Crippen molar-refractivity contribution >= 4 is 17.6 Å². The average Bonchev–Trinajstić information content (AvgIpc) is 2.90. The van der Waals surface area contributed by atoms with Crippen LogP contribution in [0.5, 0.6) is 0 Å². The number of rotatable bonds is 3. The number of hydrogen-bond acceptors (Lipinski definition) is 4. The number of allylic oxidation sites excluding steroid dienone is 3. The van der Waals surface area contributed by atoms with Crippen molar-refractivity contribution in [2.75, 3.05) is 13.1 Å². The lowest BCUT2D eigenvalue weighted by molar-refractivity contribution is -0.0425. The number of aliphatic imine (C=N–C) groups is 1. The van der Waals surface area contributed by atoms with E-state index < -0.39 is 5.60 Å². The fourth-order valence-corrected chi connectivity index (χ4v) is 4.03. The minimum atomic E-state index is -0.894. The van der Waals surface area contributed by atoms with Crippen LogP contribution in [0.25, 0.3) is 0 Å². The zero-order valence-corrected chi connectivity index (χ0v) is 12.2. The van der Waals surface area contributed by atoms with Gasteiger partial charge in [-0.3, -0.25) is 4.99 Å². The first-order valence-corrected chi connectivity index (χ1v) is 8.03. The summed E-state index contributed by atoms with van der Waals surface area (Å²) in [5.41, 5.74) is -0.894. The summed E-state index contributed by atoms with van der Waals surface area (Å²) in [5.74, 6) is 0.243. The lowest BCUT2D eigenvalue weighted by atomic mass is 9.75. The van der Waals surface area contributed by atoms with E-state index >= 15 is 0 Å². The number of aliphatic hydroxyl groups is 1. The van der Waals surface area contributed by atoms with E-state index in [-0.39, 0.29) is 12.0 Å². The molecule has 0 saturated carbocycles. The molecule has 0 bridgehead atoms. The normalized spacial score (nSPS) is 26.4. The summed E-state index contributed by atoms with van der Waals surface area (Å²) in [6, 6.07) is 3.84. The van der Waals surface area contributed by atoms with Crippen LogP contribution in [-0.2, 0) is 5.60 Å². The van der Waals surface area contributed by atoms with Gasteiger partial charge >= 0.3 is 0 Å². The molecule has 2 atom stereocenters. The molecule has 0 aromatic carbocycles. The smallest absolute Gasteiger partial charge is 0.127 e. The topological polar surface area (TPSA) is 44.6 Å². The number of nitrogens with zero attached hydrogens (tertiary/aromatic N) is 1. The van der Waals surface area contributed by atoms with Crippen LogP contribution in [-0.4, -0.2) is 30.5 Å². The molecule has 0 aliphatic carbocycles. The van der Waals surface area contributed by atoms with Gasteiger partial charge < -0.3 is 10.4 Å². The van der Waals surface area contributed by atoms with E-state index in [1.165, 1.54) is 0 Å². The van der Waals surface area contributed by atoms with Gasteiger partial charge in [0.25, 0.3) is 0 Å². The summed E-state index contributed by atoms with van der Waals surface area (Å²) < 4.78 is 0. The maximum atomic E-state index is 11.5. The standard InChI is InChI=1S/C16H20N2OS/c19-16(15-6-4-12-20-15,13-7-10-17-11-8-13)14-5-2-1-3-9-18-14/h1-6,9,12-14,17,19H,7-8,10-11H2/t14-,16?/m0/s1. The SMILES string of the molecule is OC(c1cccs1)(C1CCNCC1)[C@@H]1C=CC=CC=N1. The summed E-state index contributed by atoms with van der Waals surface area (Å²) in [4.78, 5) is 5.59. The molecule has 2 aliphatic heterocycles. The Balaban J connectivity index is 1.98. The highest BCUT2D eigenvalue weighted by Crippen LogP contribution is 2.42. The molecule has 1 aromatic heterocycles. The second-order valence-electron chi connectivity index (χ2n) is 5.34. The lowest BCUT2D eigenvalue weighted by Crippen LogP contribution is -2.47. The summed E-state index contributed by atoms with van der Waals surface area (Å²) in [6.45, 7) is 1.94. The Bertz CT molecular complexity index is 499. The zero-order valence-electron chi connectivity index (χ0n) is 11.4. The van der Waals surface area contributed by atoms with E-state index in [0.29, 0.717) is 0 Å². The molecule has 2 aliphatic rings. The molecular weight excluding hydrogens is 268 g/mol. The van der Waals surface area contributed by atoms with Crippen molar-refractivity contribution in [3.63, 3.8) is 0 Å². The van der Waals surface area contributed by atoms with E-state index in [0.717, 1.165) is 30.8 Å². The molecule has 3 heterocycles. The van der Waals surface area contributed by atoms with E-state index in [1.54, 1.807) is 17.6 Å². The number of nitrogens with one attached hydrogen (secondary N) is 1. The molecule has 0 radical (unpaired) electrons. The predicted octanol–water partition coefficient (Wildman–Crippen LogP) is 2.50. The van der Waals surface area contributed by atoms with Gasteiger partial charge in [0.1, 0.15) is 11.6 Å². The van der Waals surface area contributed by atoms with Crippen LogP contribution in [0, 0.1) is 5.92 Å². The maximum absolute atomic E-state index is 11.5. The quantitative estimate of drug-likeness (QED) is 0.897. The first-order chi connectivity index (χ1) is 9.82. The van der Waals surface area contributed by atoms with Gasteiger partial charge in [-0.15, -0.1) is 11.3 Å². The first-order valence-electron chi connectivity index (χ1n) is 7.15. The largest absolute Gasteiger partial charge is 0.381 e. The highest BCUT2D eigenvalue weighted by atomic mass is 32.1. The van der Waals surface area contributed by atoms with Crippen molar-refractivity contribution in [1.29, 1.82) is 0 Å². The molecule has 1 unspecified atom stereocenters. The number of thiophene rings is 1. The Morgan fingerprint density at radius 3 is 2.85 bits per heavy atom. The zero-order chi connectivity index (χ0) is 13.8. The molecule has 1 aromatic rings. The molecule has 1 saturated heterocycles. The van der Waals surface area contributed by atoms with Crippen molar-refractivity contribution in [1.82, 2.24) is 5.32 Å². The molecule has 20 heavy (non-hydrogen) atoms. The van der Waals surface area contributed by atoms with E-state index in [1.807, 2.05) is 41.8 Å². The van der Waals surface area contributed by atoms with Gasteiger partial charge in [-0.25, -0.2) is 0 Å². The van der Waals surface area contributed by atoms with Crippen LogP contribution in [0.2, 0.25) is 0 Å². The third kappa shape index (κ3) is 2.51. The van der Waals surface area contributed by atoms with Gasteiger partial charge in [-0.2, -0.15) is 0 Å². The molecule has 0 amide bonds. The molecule has 2 N–H and O–H groups in total. The number of hydrogen-bond donors (Lipinski definition) is 2. The predicted molar refractivity (Wildman–Crippen MR) is 84.4 cm³/mol. The summed E-state index contributed by atoms with van der Waals surface area (Å²) >= 11 is 1.63. The lowest BCUT2D eigenvalue weighted by Gasteiger charge is -2.41. The Hall–Kier alpha value is -1.23. The van der Waals surface area contributed by atoms with Crippen molar-refractivity contribution in [3.05, 3.63) is 46.7 Å². The van der Waals surface area contributed by atoms with Crippen molar-refractivity contribution < 1.29 is 5.11 Å². The fraction of sp³-hybridized carbons (Fsp3) is 0.438. The number of piperidine rings is 1. The van der Waals surface area contributed by atoms with E-state index in [9.17, 15) is 5.11 Å². The van der Waals surface area contributed by atoms with Gasteiger partial charge in [0.2, 0.25) is 0 Å². The highest BCUT2D eigenvalue weighted by molar-refractivity contribution is 7.10. The van der Waals surface area contributed by atoms with Crippen molar-refractivity contribution in [2.45, 2.75) is 24.5 Å². The van der Waals surface area contributed by atoms with Crippen LogP contribution in [0.4, 0.5) is 0 Å². The Morgan fingerprint density at radius 1 is 1.25 bits per heavy atom. The molecule has 3 nitrogen and oxygen atoms in total. The molecule has 1 fully saturated rings. The van der Waals surface area contributed by atoms with Crippen LogP contribution in [0.15, 0.2) is 46.8 Å². The molecule has 0 spiro atoms. The van der Waals surface area contributed by atoms with Crippen LogP contribution >= 0.6 is 11.3 Å². The van der Waals surface area contributed by atoms with Gasteiger partial charge in [0.15, 0.2) is 0 Å².